The van der Waals surface area contributed by atoms with Crippen LogP contribution in [0.4, 0.5) is 10.1 Å². The van der Waals surface area contributed by atoms with Crippen LogP contribution in [0.5, 0.6) is 0 Å². The quantitative estimate of drug-likeness (QED) is 0.900. The van der Waals surface area contributed by atoms with E-state index in [-0.39, 0.29) is 5.82 Å². The first-order valence-corrected chi connectivity index (χ1v) is 6.08. The maximum atomic E-state index is 12.7. The molecule has 2 aromatic rings. The van der Waals surface area contributed by atoms with Crippen LogP contribution >= 0.6 is 0 Å². The Bertz CT molecular complexity index is 529. The molecule has 0 saturated heterocycles. The second-order valence-electron chi connectivity index (χ2n) is 4.45. The molecule has 18 heavy (non-hydrogen) atoms. The number of aryl methyl sites for hydroxylation is 1. The van der Waals surface area contributed by atoms with Crippen LogP contribution in [-0.2, 0) is 6.54 Å². The molecule has 0 radical (unpaired) electrons. The molecule has 1 aromatic heterocycles. The Hall–Kier alpha value is -1.84. The molecule has 3 nitrogen and oxygen atoms in total. The van der Waals surface area contributed by atoms with E-state index >= 15 is 0 Å². The smallest absolute Gasteiger partial charge is 0.123 e. The van der Waals surface area contributed by atoms with E-state index in [0.29, 0.717) is 0 Å². The molecule has 0 atom stereocenters. The Labute approximate surface area is 107 Å². The fraction of sp³-hybridized carbons (Fsp3) is 0.357. The summed E-state index contributed by atoms with van der Waals surface area (Å²) in [6, 6.07) is 6.38. The van der Waals surface area contributed by atoms with Crippen molar-refractivity contribution in [3.8, 4) is 0 Å². The minimum absolute atomic E-state index is 0.213. The van der Waals surface area contributed by atoms with E-state index in [1.165, 1.54) is 23.4 Å². The number of rotatable bonds is 4. The topological polar surface area (TPSA) is 29.9 Å². The molecule has 96 valence electrons. The maximum Gasteiger partial charge on any atom is 0.123 e. The fourth-order valence-corrected chi connectivity index (χ4v) is 1.88. The Kier molecular flexibility index (Phi) is 3.65. The van der Waals surface area contributed by atoms with Crippen LogP contribution in [0.25, 0.3) is 0 Å². The number of aromatic nitrogens is 2. The van der Waals surface area contributed by atoms with Gasteiger partial charge in [-0.15, -0.1) is 0 Å². The van der Waals surface area contributed by atoms with Gasteiger partial charge in [-0.25, -0.2) is 4.39 Å². The van der Waals surface area contributed by atoms with Gasteiger partial charge in [0.2, 0.25) is 0 Å². The first kappa shape index (κ1) is 12.6. The Balaban J connectivity index is 1.92. The lowest BCUT2D eigenvalue weighted by atomic mass is 10.2. The van der Waals surface area contributed by atoms with Crippen molar-refractivity contribution in [2.45, 2.75) is 27.3 Å². The molecule has 1 heterocycles. The average molecular weight is 247 g/mol. The lowest BCUT2D eigenvalue weighted by molar-refractivity contribution is 0.614. The van der Waals surface area contributed by atoms with E-state index in [0.717, 1.165) is 24.5 Å². The van der Waals surface area contributed by atoms with Gasteiger partial charge in [-0.3, -0.25) is 4.68 Å². The number of benzene rings is 1. The average Bonchev–Trinajstić information content (AvgIpc) is 2.60. The van der Waals surface area contributed by atoms with E-state index < -0.39 is 0 Å². The number of nitrogens with zero attached hydrogens (tertiary/aromatic N) is 2. The molecule has 0 spiro atoms. The van der Waals surface area contributed by atoms with E-state index in [1.54, 1.807) is 12.1 Å². The first-order chi connectivity index (χ1) is 8.58. The number of halogens is 1. The van der Waals surface area contributed by atoms with Crippen molar-refractivity contribution < 1.29 is 4.39 Å². The predicted molar refractivity (Wildman–Crippen MR) is 71.3 cm³/mol. The largest absolute Gasteiger partial charge is 0.383 e. The minimum atomic E-state index is -0.213. The molecular weight excluding hydrogens is 229 g/mol. The normalized spacial score (nSPS) is 10.7. The zero-order valence-corrected chi connectivity index (χ0v) is 11.0. The van der Waals surface area contributed by atoms with Gasteiger partial charge in [-0.2, -0.15) is 5.10 Å². The van der Waals surface area contributed by atoms with Crippen molar-refractivity contribution in [2.24, 2.45) is 0 Å². The number of hydrogen-bond acceptors (Lipinski definition) is 2. The lowest BCUT2D eigenvalue weighted by Gasteiger charge is -2.08. The zero-order valence-electron chi connectivity index (χ0n) is 11.0. The van der Waals surface area contributed by atoms with Crippen LogP contribution in [0.3, 0.4) is 0 Å². The summed E-state index contributed by atoms with van der Waals surface area (Å²) in [7, 11) is 0. The number of anilines is 1. The Morgan fingerprint density at radius 3 is 2.39 bits per heavy atom. The van der Waals surface area contributed by atoms with Crippen LogP contribution in [0, 0.1) is 26.6 Å². The van der Waals surface area contributed by atoms with Gasteiger partial charge in [0.1, 0.15) is 5.82 Å². The van der Waals surface area contributed by atoms with Crippen LogP contribution in [0.2, 0.25) is 0 Å². The van der Waals surface area contributed by atoms with E-state index in [4.69, 9.17) is 0 Å². The van der Waals surface area contributed by atoms with Gasteiger partial charge in [0, 0.05) is 17.9 Å². The first-order valence-electron chi connectivity index (χ1n) is 6.08. The molecular formula is C14H18FN3. The van der Waals surface area contributed by atoms with Crippen LogP contribution in [-0.4, -0.2) is 16.3 Å². The molecule has 0 fully saturated rings. The monoisotopic (exact) mass is 247 g/mol. The van der Waals surface area contributed by atoms with Crippen molar-refractivity contribution >= 4 is 5.69 Å². The molecule has 0 aliphatic heterocycles. The van der Waals surface area contributed by atoms with Crippen LogP contribution < -0.4 is 5.32 Å². The summed E-state index contributed by atoms with van der Waals surface area (Å²) in [4.78, 5) is 0. The van der Waals surface area contributed by atoms with Gasteiger partial charge < -0.3 is 5.32 Å². The highest BCUT2D eigenvalue weighted by atomic mass is 19.1. The van der Waals surface area contributed by atoms with Crippen LogP contribution in [0.1, 0.15) is 17.0 Å². The third-order valence-electron chi connectivity index (χ3n) is 3.24. The second-order valence-corrected chi connectivity index (χ2v) is 4.45. The van der Waals surface area contributed by atoms with E-state index in [9.17, 15) is 4.39 Å². The summed E-state index contributed by atoms with van der Waals surface area (Å²) < 4.78 is 14.7. The van der Waals surface area contributed by atoms with Crippen LogP contribution in [0.15, 0.2) is 24.3 Å². The highest BCUT2D eigenvalue weighted by Gasteiger charge is 2.06. The molecule has 0 bridgehead atoms. The highest BCUT2D eigenvalue weighted by molar-refractivity contribution is 5.42. The highest BCUT2D eigenvalue weighted by Crippen LogP contribution is 2.11. The fourth-order valence-electron chi connectivity index (χ4n) is 1.88. The molecule has 1 N–H and O–H groups in total. The molecule has 0 aliphatic rings. The number of hydrogen-bond donors (Lipinski definition) is 1. The van der Waals surface area contributed by atoms with Gasteiger partial charge in [-0.05, 0) is 50.6 Å². The molecule has 0 amide bonds. The Morgan fingerprint density at radius 1 is 1.17 bits per heavy atom. The molecule has 4 heteroatoms. The SMILES string of the molecule is Cc1nn(CCNc2ccc(F)cc2)c(C)c1C. The molecule has 1 aromatic carbocycles. The summed E-state index contributed by atoms with van der Waals surface area (Å²) >= 11 is 0. The van der Waals surface area contributed by atoms with Crippen molar-refractivity contribution in [2.75, 3.05) is 11.9 Å². The second kappa shape index (κ2) is 5.21. The molecule has 0 aliphatic carbocycles. The summed E-state index contributed by atoms with van der Waals surface area (Å²) in [6.45, 7) is 7.76. The standard InChI is InChI=1S/C14H18FN3/c1-10-11(2)17-18(12(10)3)9-8-16-14-6-4-13(15)5-7-14/h4-7,16H,8-9H2,1-3H3. The van der Waals surface area contributed by atoms with E-state index in [1.807, 2.05) is 11.6 Å². The zero-order chi connectivity index (χ0) is 13.1. The third kappa shape index (κ3) is 2.70. The third-order valence-corrected chi connectivity index (χ3v) is 3.24. The van der Waals surface area contributed by atoms with Gasteiger partial charge >= 0.3 is 0 Å². The molecule has 0 saturated carbocycles. The lowest BCUT2D eigenvalue weighted by Crippen LogP contribution is -2.12. The van der Waals surface area contributed by atoms with Gasteiger partial charge in [0.25, 0.3) is 0 Å². The summed E-state index contributed by atoms with van der Waals surface area (Å²) in [5.41, 5.74) is 4.45. The summed E-state index contributed by atoms with van der Waals surface area (Å²) in [6.07, 6.45) is 0. The van der Waals surface area contributed by atoms with Crippen molar-refractivity contribution in [3.05, 3.63) is 47.0 Å². The number of nitrogens with one attached hydrogen (secondary N) is 1. The molecule has 2 rings (SSSR count). The molecule has 0 unspecified atom stereocenters. The summed E-state index contributed by atoms with van der Waals surface area (Å²) in [5, 5.41) is 7.72. The summed E-state index contributed by atoms with van der Waals surface area (Å²) in [5.74, 6) is -0.213. The van der Waals surface area contributed by atoms with Crippen molar-refractivity contribution in [1.82, 2.24) is 9.78 Å². The Morgan fingerprint density at radius 2 is 1.83 bits per heavy atom. The van der Waals surface area contributed by atoms with E-state index in [2.05, 4.69) is 24.3 Å². The minimum Gasteiger partial charge on any atom is -0.383 e. The van der Waals surface area contributed by atoms with Crippen molar-refractivity contribution in [1.29, 1.82) is 0 Å². The predicted octanol–water partition coefficient (Wildman–Crippen LogP) is 3.06. The van der Waals surface area contributed by atoms with Gasteiger partial charge in [0.15, 0.2) is 0 Å². The van der Waals surface area contributed by atoms with Crippen molar-refractivity contribution in [3.63, 3.8) is 0 Å². The maximum absolute atomic E-state index is 12.7. The van der Waals surface area contributed by atoms with Gasteiger partial charge in [-0.1, -0.05) is 0 Å². The van der Waals surface area contributed by atoms with Gasteiger partial charge in [0.05, 0.1) is 12.2 Å².